The number of aryl methyl sites for hydroxylation is 1. The van der Waals surface area contributed by atoms with Crippen LogP contribution >= 0.6 is 0 Å². The van der Waals surface area contributed by atoms with Gasteiger partial charge in [0.15, 0.2) is 5.65 Å². The summed E-state index contributed by atoms with van der Waals surface area (Å²) in [7, 11) is 0. The first-order valence-electron chi connectivity index (χ1n) is 8.07. The molecule has 0 fully saturated rings. The summed E-state index contributed by atoms with van der Waals surface area (Å²) in [5.74, 6) is -0.300. The minimum absolute atomic E-state index is 0.0594. The lowest BCUT2D eigenvalue weighted by atomic mass is 10.1. The number of nitrogens with one attached hydrogen (secondary N) is 2. The highest BCUT2D eigenvalue weighted by atomic mass is 16.2. The van der Waals surface area contributed by atoms with Crippen LogP contribution in [0.25, 0.3) is 11.3 Å². The zero-order valence-corrected chi connectivity index (χ0v) is 14.0. The van der Waals surface area contributed by atoms with Crippen molar-refractivity contribution in [3.8, 4) is 5.69 Å². The van der Waals surface area contributed by atoms with E-state index < -0.39 is 0 Å². The minimum Gasteiger partial charge on any atom is -0.323 e. The Morgan fingerprint density at radius 2 is 2.04 bits per heavy atom. The van der Waals surface area contributed by atoms with Crippen molar-refractivity contribution < 1.29 is 4.79 Å². The van der Waals surface area contributed by atoms with Crippen molar-refractivity contribution in [2.45, 2.75) is 13.3 Å². The van der Waals surface area contributed by atoms with E-state index in [9.17, 15) is 9.59 Å². The third-order valence-electron chi connectivity index (χ3n) is 4.07. The average molecular weight is 348 g/mol. The zero-order valence-electron chi connectivity index (χ0n) is 14.0. The Kier molecular flexibility index (Phi) is 3.85. The van der Waals surface area contributed by atoms with Crippen molar-refractivity contribution in [2.75, 3.05) is 5.32 Å². The molecule has 0 bridgehead atoms. The van der Waals surface area contributed by atoms with Crippen molar-refractivity contribution in [2.24, 2.45) is 0 Å². The molecule has 130 valence electrons. The molecule has 8 nitrogen and oxygen atoms in total. The Hall–Kier alpha value is -3.68. The fraction of sp³-hybridized carbons (Fsp3) is 0.111. The van der Waals surface area contributed by atoms with Crippen LogP contribution in [-0.2, 0) is 11.2 Å². The van der Waals surface area contributed by atoms with Crippen molar-refractivity contribution in [3.05, 3.63) is 76.6 Å². The Balaban J connectivity index is 1.53. The molecule has 0 saturated carbocycles. The van der Waals surface area contributed by atoms with Gasteiger partial charge in [0.2, 0.25) is 5.91 Å². The number of hydrogen-bond donors (Lipinski definition) is 2. The van der Waals surface area contributed by atoms with Crippen molar-refractivity contribution >= 4 is 17.2 Å². The predicted octanol–water partition coefficient (Wildman–Crippen LogP) is 1.70. The summed E-state index contributed by atoms with van der Waals surface area (Å²) in [5.41, 5.74) is 2.62. The van der Waals surface area contributed by atoms with Crippen LogP contribution in [-0.4, -0.2) is 30.3 Å². The zero-order chi connectivity index (χ0) is 18.1. The Bertz CT molecular complexity index is 1140. The highest BCUT2D eigenvalue weighted by Crippen LogP contribution is 2.12. The van der Waals surface area contributed by atoms with E-state index in [4.69, 9.17) is 0 Å². The number of anilines is 1. The summed E-state index contributed by atoms with van der Waals surface area (Å²) in [5, 5.41) is 9.80. The fourth-order valence-electron chi connectivity index (χ4n) is 2.78. The molecule has 0 aliphatic rings. The Morgan fingerprint density at radius 3 is 2.85 bits per heavy atom. The lowest BCUT2D eigenvalue weighted by Gasteiger charge is -2.06. The van der Waals surface area contributed by atoms with Crippen molar-refractivity contribution in [3.63, 3.8) is 0 Å². The van der Waals surface area contributed by atoms with Gasteiger partial charge in [-0.2, -0.15) is 5.10 Å². The molecule has 2 N–H and O–H groups in total. The third-order valence-corrected chi connectivity index (χ3v) is 4.07. The second kappa shape index (κ2) is 6.32. The highest BCUT2D eigenvalue weighted by Gasteiger charge is 2.15. The Morgan fingerprint density at radius 1 is 1.23 bits per heavy atom. The van der Waals surface area contributed by atoms with Gasteiger partial charge in [-0.25, -0.2) is 14.2 Å². The van der Waals surface area contributed by atoms with Crippen molar-refractivity contribution in [1.29, 1.82) is 0 Å². The number of fused-ring (bicyclic) bond motifs is 1. The van der Waals surface area contributed by atoms with E-state index in [0.29, 0.717) is 22.6 Å². The second-order valence-electron chi connectivity index (χ2n) is 5.87. The van der Waals surface area contributed by atoms with Crippen LogP contribution in [0, 0.1) is 6.92 Å². The number of rotatable bonds is 4. The van der Waals surface area contributed by atoms with E-state index in [1.807, 2.05) is 30.3 Å². The summed E-state index contributed by atoms with van der Waals surface area (Å²) in [6.45, 7) is 1.73. The van der Waals surface area contributed by atoms with E-state index in [2.05, 4.69) is 20.5 Å². The molecule has 26 heavy (non-hydrogen) atoms. The van der Waals surface area contributed by atoms with Gasteiger partial charge in [0.25, 0.3) is 5.56 Å². The molecule has 1 amide bonds. The number of benzene rings is 1. The average Bonchev–Trinajstić information content (AvgIpc) is 3.29. The van der Waals surface area contributed by atoms with Crippen molar-refractivity contribution in [1.82, 2.24) is 24.4 Å². The molecule has 0 spiro atoms. The highest BCUT2D eigenvalue weighted by molar-refractivity contribution is 5.92. The van der Waals surface area contributed by atoms with Gasteiger partial charge in [-0.05, 0) is 19.1 Å². The summed E-state index contributed by atoms with van der Waals surface area (Å²) in [4.78, 5) is 29.2. The quantitative estimate of drug-likeness (QED) is 0.586. The first kappa shape index (κ1) is 15.8. The normalized spacial score (nSPS) is 11.0. The molecular formula is C18H16N6O2. The second-order valence-corrected chi connectivity index (χ2v) is 5.87. The standard InChI is InChI=1S/C18H16N6O2/c1-12-15(18(26)24-16(21-12)7-8-19-24)9-17(25)22-13-10-20-23(11-13)14-5-3-2-4-6-14/h2-8,10-11,19H,9H2,1H3,(H,22,25). The number of carbonyl (C=O) groups is 1. The minimum atomic E-state index is -0.300. The topological polar surface area (TPSA) is 97.1 Å². The molecule has 3 aromatic heterocycles. The van der Waals surface area contributed by atoms with Gasteiger partial charge in [-0.1, -0.05) is 18.2 Å². The van der Waals surface area contributed by atoms with Gasteiger partial charge >= 0.3 is 0 Å². The van der Waals surface area contributed by atoms with Crippen LogP contribution in [0.4, 0.5) is 5.69 Å². The molecule has 4 aromatic rings. The van der Waals surface area contributed by atoms with E-state index in [0.717, 1.165) is 5.69 Å². The lowest BCUT2D eigenvalue weighted by molar-refractivity contribution is -0.115. The summed E-state index contributed by atoms with van der Waals surface area (Å²) >= 11 is 0. The third kappa shape index (κ3) is 2.88. The molecule has 0 unspecified atom stereocenters. The number of aromatic nitrogens is 5. The van der Waals surface area contributed by atoms with Gasteiger partial charge in [0, 0.05) is 23.5 Å². The van der Waals surface area contributed by atoms with E-state index in [1.165, 1.54) is 4.52 Å². The van der Waals surface area contributed by atoms with Gasteiger partial charge in [0.05, 0.1) is 30.2 Å². The van der Waals surface area contributed by atoms with E-state index in [1.54, 1.807) is 36.3 Å². The maximum Gasteiger partial charge on any atom is 0.276 e. The van der Waals surface area contributed by atoms with Crippen LogP contribution in [0.15, 0.2) is 59.8 Å². The molecule has 0 saturated heterocycles. The first-order chi connectivity index (χ1) is 12.6. The number of carbonyl (C=O) groups excluding carboxylic acids is 1. The van der Waals surface area contributed by atoms with E-state index >= 15 is 0 Å². The number of H-pyrrole nitrogens is 1. The van der Waals surface area contributed by atoms with Gasteiger partial charge < -0.3 is 5.32 Å². The molecule has 4 rings (SSSR count). The molecule has 8 heteroatoms. The molecular weight excluding hydrogens is 332 g/mol. The van der Waals surface area contributed by atoms with Gasteiger partial charge in [-0.3, -0.25) is 14.7 Å². The van der Waals surface area contributed by atoms with Gasteiger partial charge in [-0.15, -0.1) is 0 Å². The molecule has 1 aromatic carbocycles. The number of hydrogen-bond acceptors (Lipinski definition) is 4. The molecule has 0 aliphatic heterocycles. The summed E-state index contributed by atoms with van der Waals surface area (Å²) in [6.07, 6.45) is 4.86. The van der Waals surface area contributed by atoms with Crippen LogP contribution in [0.3, 0.4) is 0 Å². The van der Waals surface area contributed by atoms with Crippen LogP contribution in [0.1, 0.15) is 11.3 Å². The number of nitrogens with zero attached hydrogens (tertiary/aromatic N) is 4. The molecule has 0 radical (unpaired) electrons. The van der Waals surface area contributed by atoms with Crippen LogP contribution < -0.4 is 10.9 Å². The SMILES string of the molecule is Cc1nc2cc[nH]n2c(=O)c1CC(=O)Nc1cnn(-c2ccccc2)c1. The molecule has 0 aliphatic carbocycles. The predicted molar refractivity (Wildman–Crippen MR) is 96.4 cm³/mol. The molecule has 0 atom stereocenters. The summed E-state index contributed by atoms with van der Waals surface area (Å²) < 4.78 is 2.99. The smallest absolute Gasteiger partial charge is 0.276 e. The number of para-hydroxylation sites is 1. The van der Waals surface area contributed by atoms with Crippen LogP contribution in [0.2, 0.25) is 0 Å². The van der Waals surface area contributed by atoms with Crippen LogP contribution in [0.5, 0.6) is 0 Å². The first-order valence-corrected chi connectivity index (χ1v) is 8.07. The lowest BCUT2D eigenvalue weighted by Crippen LogP contribution is -2.26. The number of aromatic amines is 1. The monoisotopic (exact) mass is 348 g/mol. The fourth-order valence-corrected chi connectivity index (χ4v) is 2.78. The number of amides is 1. The summed E-state index contributed by atoms with van der Waals surface area (Å²) in [6, 6.07) is 11.3. The largest absolute Gasteiger partial charge is 0.323 e. The maximum absolute atomic E-state index is 12.5. The molecule has 3 heterocycles. The van der Waals surface area contributed by atoms with Gasteiger partial charge in [0.1, 0.15) is 0 Å². The Labute approximate surface area is 148 Å². The van der Waals surface area contributed by atoms with E-state index in [-0.39, 0.29) is 17.9 Å². The maximum atomic E-state index is 12.5.